The lowest BCUT2D eigenvalue weighted by molar-refractivity contribution is 0.277. The predicted octanol–water partition coefficient (Wildman–Crippen LogP) is 3.66. The van der Waals surface area contributed by atoms with Crippen molar-refractivity contribution in [3.8, 4) is 11.5 Å². The fraction of sp³-hybridized carbons (Fsp3) is 0.357. The van der Waals surface area contributed by atoms with Crippen LogP contribution in [0.1, 0.15) is 25.8 Å². The van der Waals surface area contributed by atoms with E-state index in [9.17, 15) is 0 Å². The summed E-state index contributed by atoms with van der Waals surface area (Å²) >= 11 is 11.3. The summed E-state index contributed by atoms with van der Waals surface area (Å²) in [6.07, 6.45) is 4.01. The van der Waals surface area contributed by atoms with Crippen molar-refractivity contribution in [3.05, 3.63) is 33.8 Å². The Morgan fingerprint density at radius 1 is 1.41 bits per heavy atom. The van der Waals surface area contributed by atoms with Crippen LogP contribution in [0.5, 0.6) is 11.5 Å². The lowest BCUT2D eigenvalue weighted by Gasteiger charge is -2.13. The number of hydrogen-bond donors (Lipinski definition) is 1. The van der Waals surface area contributed by atoms with Crippen LogP contribution in [0.25, 0.3) is 0 Å². The van der Waals surface area contributed by atoms with E-state index in [-0.39, 0.29) is 0 Å². The van der Waals surface area contributed by atoms with E-state index < -0.39 is 0 Å². The number of aromatic nitrogens is 3. The van der Waals surface area contributed by atoms with Gasteiger partial charge in [0.05, 0.1) is 24.5 Å². The largest absolute Gasteiger partial charge is 0.490 e. The molecular formula is C14H17ClN4O2S. The zero-order valence-corrected chi connectivity index (χ0v) is 13.9. The number of aromatic amines is 1. The average Bonchev–Trinajstić information content (AvgIpc) is 2.90. The molecule has 0 spiro atoms. The standard InChI is InChI=1S/C14H17ClN4O2S/c1-3-5-21-13-11(15)6-10(7-12(13)20-4-2)8-17-19-9-16-18-14(19)22/h6-9H,3-5H2,1-2H3,(H,18,22)/b17-8-. The van der Waals surface area contributed by atoms with Gasteiger partial charge in [0.15, 0.2) is 11.5 Å². The van der Waals surface area contributed by atoms with Crippen molar-refractivity contribution in [3.63, 3.8) is 0 Å². The topological polar surface area (TPSA) is 64.4 Å². The lowest BCUT2D eigenvalue weighted by Crippen LogP contribution is -2.02. The molecule has 0 bridgehead atoms. The number of halogens is 1. The third-order valence-electron chi connectivity index (χ3n) is 2.65. The van der Waals surface area contributed by atoms with Gasteiger partial charge >= 0.3 is 0 Å². The second kappa shape index (κ2) is 7.95. The molecule has 8 heteroatoms. The maximum Gasteiger partial charge on any atom is 0.216 e. The molecule has 1 heterocycles. The Hall–Kier alpha value is -1.86. The Kier molecular flexibility index (Phi) is 5.97. The summed E-state index contributed by atoms with van der Waals surface area (Å²) in [4.78, 5) is 0. The van der Waals surface area contributed by atoms with Crippen LogP contribution in [0.4, 0.5) is 0 Å². The van der Waals surface area contributed by atoms with Gasteiger partial charge < -0.3 is 9.47 Å². The number of nitrogens with zero attached hydrogens (tertiary/aromatic N) is 3. The molecule has 0 saturated heterocycles. The van der Waals surface area contributed by atoms with Crippen molar-refractivity contribution in [2.45, 2.75) is 20.3 Å². The first kappa shape index (κ1) is 16.5. The van der Waals surface area contributed by atoms with E-state index in [4.69, 9.17) is 33.3 Å². The molecule has 0 saturated carbocycles. The highest BCUT2D eigenvalue weighted by atomic mass is 35.5. The Morgan fingerprint density at radius 2 is 2.23 bits per heavy atom. The van der Waals surface area contributed by atoms with Crippen molar-refractivity contribution in [2.24, 2.45) is 5.10 Å². The highest BCUT2D eigenvalue weighted by Crippen LogP contribution is 2.36. The third kappa shape index (κ3) is 4.08. The number of nitrogens with one attached hydrogen (secondary N) is 1. The zero-order valence-electron chi connectivity index (χ0n) is 12.4. The van der Waals surface area contributed by atoms with Gasteiger partial charge in [0, 0.05) is 0 Å². The van der Waals surface area contributed by atoms with Crippen molar-refractivity contribution in [2.75, 3.05) is 13.2 Å². The van der Waals surface area contributed by atoms with Gasteiger partial charge in [-0.1, -0.05) is 18.5 Å². The molecule has 0 aliphatic carbocycles. The van der Waals surface area contributed by atoms with Gasteiger partial charge in [-0.15, -0.1) is 0 Å². The minimum atomic E-state index is 0.412. The van der Waals surface area contributed by atoms with Gasteiger partial charge in [-0.25, -0.2) is 0 Å². The van der Waals surface area contributed by atoms with E-state index in [0.717, 1.165) is 12.0 Å². The van der Waals surface area contributed by atoms with E-state index in [1.165, 1.54) is 11.0 Å². The number of ether oxygens (including phenoxy) is 2. The minimum Gasteiger partial charge on any atom is -0.490 e. The Morgan fingerprint density at radius 3 is 2.86 bits per heavy atom. The molecule has 2 aromatic rings. The van der Waals surface area contributed by atoms with Crippen molar-refractivity contribution in [1.29, 1.82) is 0 Å². The van der Waals surface area contributed by atoms with Gasteiger partial charge in [0.2, 0.25) is 4.77 Å². The highest BCUT2D eigenvalue weighted by molar-refractivity contribution is 7.71. The van der Waals surface area contributed by atoms with Crippen molar-refractivity contribution < 1.29 is 9.47 Å². The fourth-order valence-corrected chi connectivity index (χ4v) is 2.14. The molecule has 1 aromatic heterocycles. The van der Waals surface area contributed by atoms with Crippen LogP contribution >= 0.6 is 23.8 Å². The Bertz CT molecular complexity index is 711. The second-order valence-electron chi connectivity index (χ2n) is 4.36. The highest BCUT2D eigenvalue weighted by Gasteiger charge is 2.11. The number of benzene rings is 1. The number of rotatable bonds is 7. The van der Waals surface area contributed by atoms with Crippen LogP contribution in [0, 0.1) is 4.77 Å². The minimum absolute atomic E-state index is 0.412. The number of H-pyrrole nitrogens is 1. The lowest BCUT2D eigenvalue weighted by atomic mass is 10.2. The molecule has 1 N–H and O–H groups in total. The van der Waals surface area contributed by atoms with Crippen LogP contribution < -0.4 is 9.47 Å². The molecule has 0 amide bonds. The molecule has 0 aliphatic heterocycles. The molecule has 0 radical (unpaired) electrons. The summed E-state index contributed by atoms with van der Waals surface area (Å²) in [5.74, 6) is 1.16. The van der Waals surface area contributed by atoms with E-state index in [1.54, 1.807) is 12.3 Å². The molecule has 0 unspecified atom stereocenters. The Balaban J connectivity index is 2.31. The van der Waals surface area contributed by atoms with Gasteiger partial charge in [-0.05, 0) is 43.3 Å². The molecule has 2 rings (SSSR count). The van der Waals surface area contributed by atoms with E-state index in [2.05, 4.69) is 15.3 Å². The second-order valence-corrected chi connectivity index (χ2v) is 5.16. The molecular weight excluding hydrogens is 324 g/mol. The summed E-state index contributed by atoms with van der Waals surface area (Å²) in [5.41, 5.74) is 0.778. The first-order chi connectivity index (χ1) is 10.7. The van der Waals surface area contributed by atoms with Gasteiger partial charge in [-0.2, -0.15) is 14.9 Å². The third-order valence-corrected chi connectivity index (χ3v) is 3.21. The molecule has 0 atom stereocenters. The van der Waals surface area contributed by atoms with Crippen molar-refractivity contribution >= 4 is 30.0 Å². The first-order valence-corrected chi connectivity index (χ1v) is 7.69. The van der Waals surface area contributed by atoms with Crippen LogP contribution in [0.2, 0.25) is 5.02 Å². The summed E-state index contributed by atoms with van der Waals surface area (Å²) < 4.78 is 13.1. The molecule has 118 valence electrons. The SMILES string of the molecule is CCCOc1c(Cl)cc(/C=N\n2cn[nH]c2=S)cc1OCC. The quantitative estimate of drug-likeness (QED) is 0.617. The van der Waals surface area contributed by atoms with Crippen LogP contribution in [-0.4, -0.2) is 34.3 Å². The van der Waals surface area contributed by atoms with Gasteiger partial charge in [0.25, 0.3) is 0 Å². The molecule has 1 aromatic carbocycles. The van der Waals surface area contributed by atoms with E-state index in [0.29, 0.717) is 34.5 Å². The molecule has 0 aliphatic rings. The predicted molar refractivity (Wildman–Crippen MR) is 88.8 cm³/mol. The van der Waals surface area contributed by atoms with Crippen LogP contribution in [0.15, 0.2) is 23.6 Å². The summed E-state index contributed by atoms with van der Waals surface area (Å²) in [5, 5.41) is 11.1. The molecule has 0 fully saturated rings. The van der Waals surface area contributed by atoms with Crippen LogP contribution in [-0.2, 0) is 0 Å². The maximum atomic E-state index is 6.29. The summed E-state index contributed by atoms with van der Waals surface area (Å²) in [7, 11) is 0. The molecule has 22 heavy (non-hydrogen) atoms. The summed E-state index contributed by atoms with van der Waals surface area (Å²) in [6, 6.07) is 3.59. The smallest absolute Gasteiger partial charge is 0.216 e. The normalized spacial score (nSPS) is 11.0. The first-order valence-electron chi connectivity index (χ1n) is 6.91. The summed E-state index contributed by atoms with van der Waals surface area (Å²) in [6.45, 7) is 5.04. The van der Waals surface area contributed by atoms with Gasteiger partial charge in [0.1, 0.15) is 6.33 Å². The average molecular weight is 341 g/mol. The van der Waals surface area contributed by atoms with Crippen molar-refractivity contribution in [1.82, 2.24) is 14.9 Å². The number of hydrogen-bond acceptors (Lipinski definition) is 5. The monoisotopic (exact) mass is 340 g/mol. The van der Waals surface area contributed by atoms with Gasteiger partial charge in [-0.3, -0.25) is 5.10 Å². The fourth-order valence-electron chi connectivity index (χ4n) is 1.72. The maximum absolute atomic E-state index is 6.29. The molecule has 6 nitrogen and oxygen atoms in total. The van der Waals surface area contributed by atoms with Crippen LogP contribution in [0.3, 0.4) is 0 Å². The van der Waals surface area contributed by atoms with E-state index >= 15 is 0 Å². The Labute approximate surface area is 138 Å². The van der Waals surface area contributed by atoms with E-state index in [1.807, 2.05) is 19.9 Å². The zero-order chi connectivity index (χ0) is 15.9.